The van der Waals surface area contributed by atoms with Crippen LogP contribution in [0.2, 0.25) is 0 Å². The Bertz CT molecular complexity index is 1190. The number of nitrogens with one attached hydrogen (secondary N) is 1. The Kier molecular flexibility index (Phi) is 5.01. The van der Waals surface area contributed by atoms with E-state index in [9.17, 15) is 14.4 Å². The summed E-state index contributed by atoms with van der Waals surface area (Å²) in [7, 11) is 4.63. The van der Waals surface area contributed by atoms with Gasteiger partial charge in [-0.25, -0.2) is 4.79 Å². The van der Waals surface area contributed by atoms with E-state index in [0.29, 0.717) is 47.9 Å². The summed E-state index contributed by atoms with van der Waals surface area (Å²) in [5.74, 6) is 0.994. The van der Waals surface area contributed by atoms with Gasteiger partial charge in [-0.3, -0.25) is 18.7 Å². The van der Waals surface area contributed by atoms with Gasteiger partial charge in [-0.1, -0.05) is 6.07 Å². The molecule has 1 aromatic heterocycles. The monoisotopic (exact) mass is 411 g/mol. The second-order valence-electron chi connectivity index (χ2n) is 7.54. The number of rotatable bonds is 4. The molecule has 0 spiro atoms. The number of Topliss-reactive ketones (excluding diaryl/α,β-unsaturated/α-hetero) is 1. The molecule has 0 fully saturated rings. The molecule has 0 bridgehead atoms. The van der Waals surface area contributed by atoms with Crippen LogP contribution in [-0.4, -0.2) is 28.6 Å². The second-order valence-corrected chi connectivity index (χ2v) is 7.54. The molecule has 8 nitrogen and oxygen atoms in total. The maximum Gasteiger partial charge on any atom is 0.332 e. The van der Waals surface area contributed by atoms with Gasteiger partial charge in [0.25, 0.3) is 5.56 Å². The van der Waals surface area contributed by atoms with Gasteiger partial charge in [0, 0.05) is 37.7 Å². The largest absolute Gasteiger partial charge is 0.493 e. The first-order valence-corrected chi connectivity index (χ1v) is 10.0. The molecule has 0 unspecified atom stereocenters. The zero-order chi connectivity index (χ0) is 21.6. The molecule has 0 saturated heterocycles. The zero-order valence-corrected chi connectivity index (χ0v) is 17.6. The predicted octanol–water partition coefficient (Wildman–Crippen LogP) is 2.06. The smallest absolute Gasteiger partial charge is 0.332 e. The summed E-state index contributed by atoms with van der Waals surface area (Å²) < 4.78 is 13.6. The van der Waals surface area contributed by atoms with Crippen molar-refractivity contribution in [1.29, 1.82) is 0 Å². The minimum absolute atomic E-state index is 0.0168. The number of fused-ring (bicyclic) bond motifs is 1. The molecule has 4 rings (SSSR count). The molecule has 0 radical (unpaired) electrons. The summed E-state index contributed by atoms with van der Waals surface area (Å²) >= 11 is 0. The summed E-state index contributed by atoms with van der Waals surface area (Å²) in [4.78, 5) is 38.7. The molecule has 30 heavy (non-hydrogen) atoms. The highest BCUT2D eigenvalue weighted by Gasteiger charge is 2.38. The van der Waals surface area contributed by atoms with Gasteiger partial charge in [-0.2, -0.15) is 0 Å². The van der Waals surface area contributed by atoms with Gasteiger partial charge in [0.2, 0.25) is 0 Å². The van der Waals surface area contributed by atoms with E-state index in [1.807, 2.05) is 19.1 Å². The number of benzene rings is 1. The molecule has 1 atom stereocenters. The standard InChI is InChI=1S/C22H25N3O5/c1-5-30-15-10-9-12(11-16(15)29-4)17-18-13(7-6-8-14(18)26)23-20-19(17)21(27)25(3)22(28)24(20)2/h9-11,17,23H,5-8H2,1-4H3/t17-/m0/s1. The lowest BCUT2D eigenvalue weighted by Crippen LogP contribution is -2.44. The minimum atomic E-state index is -0.584. The van der Waals surface area contributed by atoms with Crippen LogP contribution >= 0.6 is 0 Å². The predicted molar refractivity (Wildman–Crippen MR) is 112 cm³/mol. The maximum absolute atomic E-state index is 13.2. The lowest BCUT2D eigenvalue weighted by molar-refractivity contribution is -0.116. The SMILES string of the molecule is CCOc1ccc([C@H]2C3=C(CCCC3=O)Nc3c2c(=O)n(C)c(=O)n3C)cc1OC. The number of methoxy groups -OCH3 is 1. The minimum Gasteiger partial charge on any atom is -0.493 e. The molecule has 1 aliphatic heterocycles. The van der Waals surface area contributed by atoms with E-state index in [4.69, 9.17) is 9.47 Å². The molecule has 2 aromatic rings. The molecular weight excluding hydrogens is 386 g/mol. The number of anilines is 1. The van der Waals surface area contributed by atoms with Crippen molar-refractivity contribution in [1.82, 2.24) is 9.13 Å². The number of hydrogen-bond acceptors (Lipinski definition) is 6. The van der Waals surface area contributed by atoms with E-state index in [1.54, 1.807) is 20.2 Å². The fourth-order valence-corrected chi connectivity index (χ4v) is 4.37. The van der Waals surface area contributed by atoms with Crippen molar-refractivity contribution in [3.8, 4) is 11.5 Å². The zero-order valence-electron chi connectivity index (χ0n) is 17.6. The van der Waals surface area contributed by atoms with Crippen molar-refractivity contribution < 1.29 is 14.3 Å². The van der Waals surface area contributed by atoms with Crippen LogP contribution in [0.4, 0.5) is 5.82 Å². The Hall–Kier alpha value is -3.29. The van der Waals surface area contributed by atoms with Crippen LogP contribution in [0.25, 0.3) is 0 Å². The normalized spacial score (nSPS) is 17.9. The molecule has 1 aromatic carbocycles. The van der Waals surface area contributed by atoms with Crippen molar-refractivity contribution in [2.24, 2.45) is 14.1 Å². The van der Waals surface area contributed by atoms with E-state index in [1.165, 1.54) is 11.6 Å². The highest BCUT2D eigenvalue weighted by Crippen LogP contribution is 2.45. The lowest BCUT2D eigenvalue weighted by Gasteiger charge is -2.34. The lowest BCUT2D eigenvalue weighted by atomic mass is 9.76. The van der Waals surface area contributed by atoms with E-state index in [-0.39, 0.29) is 5.78 Å². The molecule has 1 aliphatic carbocycles. The molecule has 8 heteroatoms. The Balaban J connectivity index is 2.02. The molecule has 2 aliphatic rings. The van der Waals surface area contributed by atoms with Crippen LogP contribution in [0.1, 0.15) is 43.2 Å². The van der Waals surface area contributed by atoms with Gasteiger partial charge >= 0.3 is 5.69 Å². The number of aromatic nitrogens is 2. The Labute approximate surface area is 173 Å². The van der Waals surface area contributed by atoms with Crippen LogP contribution in [0.3, 0.4) is 0 Å². The first kappa shape index (κ1) is 20.0. The van der Waals surface area contributed by atoms with Crippen molar-refractivity contribution in [3.63, 3.8) is 0 Å². The number of ether oxygens (including phenoxy) is 2. The fraction of sp³-hybridized carbons (Fsp3) is 0.409. The van der Waals surface area contributed by atoms with Gasteiger partial charge in [-0.15, -0.1) is 0 Å². The third-order valence-electron chi connectivity index (χ3n) is 5.82. The number of carbonyl (C=O) groups is 1. The first-order valence-electron chi connectivity index (χ1n) is 10.0. The summed E-state index contributed by atoms with van der Waals surface area (Å²) in [6.07, 6.45) is 1.86. The van der Waals surface area contributed by atoms with Crippen LogP contribution in [0.15, 0.2) is 39.1 Å². The number of allylic oxidation sites excluding steroid dienone is 2. The van der Waals surface area contributed by atoms with Crippen molar-refractivity contribution in [2.45, 2.75) is 32.1 Å². The Morgan fingerprint density at radius 3 is 2.57 bits per heavy atom. The number of ketones is 1. The summed E-state index contributed by atoms with van der Waals surface area (Å²) in [5.41, 5.74) is 1.68. The van der Waals surface area contributed by atoms with E-state index < -0.39 is 17.2 Å². The highest BCUT2D eigenvalue weighted by atomic mass is 16.5. The van der Waals surface area contributed by atoms with Crippen molar-refractivity contribution in [3.05, 3.63) is 61.4 Å². The Morgan fingerprint density at radius 1 is 1.10 bits per heavy atom. The molecule has 1 N–H and O–H groups in total. The van der Waals surface area contributed by atoms with Crippen LogP contribution < -0.4 is 26.0 Å². The molecule has 0 amide bonds. The third-order valence-corrected chi connectivity index (χ3v) is 5.82. The van der Waals surface area contributed by atoms with Crippen LogP contribution in [0.5, 0.6) is 11.5 Å². The summed E-state index contributed by atoms with van der Waals surface area (Å²) in [6.45, 7) is 2.38. The second kappa shape index (κ2) is 7.51. The highest BCUT2D eigenvalue weighted by molar-refractivity contribution is 6.00. The van der Waals surface area contributed by atoms with E-state index in [2.05, 4.69) is 5.32 Å². The van der Waals surface area contributed by atoms with Crippen molar-refractivity contribution in [2.75, 3.05) is 19.0 Å². The van der Waals surface area contributed by atoms with Gasteiger partial charge < -0.3 is 14.8 Å². The molecule has 0 saturated carbocycles. The van der Waals surface area contributed by atoms with Gasteiger partial charge in [0.15, 0.2) is 17.3 Å². The van der Waals surface area contributed by atoms with Gasteiger partial charge in [0.05, 0.1) is 19.3 Å². The topological polar surface area (TPSA) is 91.6 Å². The molecule has 158 valence electrons. The van der Waals surface area contributed by atoms with Gasteiger partial charge in [-0.05, 0) is 37.5 Å². The average Bonchev–Trinajstić information content (AvgIpc) is 2.75. The van der Waals surface area contributed by atoms with Crippen LogP contribution in [0, 0.1) is 0 Å². The third kappa shape index (κ3) is 2.94. The van der Waals surface area contributed by atoms with Crippen LogP contribution in [-0.2, 0) is 18.9 Å². The van der Waals surface area contributed by atoms with Gasteiger partial charge in [0.1, 0.15) is 5.82 Å². The number of hydrogen-bond donors (Lipinski definition) is 1. The summed E-state index contributed by atoms with van der Waals surface area (Å²) in [5, 5.41) is 3.22. The fourth-order valence-electron chi connectivity index (χ4n) is 4.37. The molecule has 2 heterocycles. The van der Waals surface area contributed by atoms with E-state index >= 15 is 0 Å². The quantitative estimate of drug-likeness (QED) is 0.828. The first-order chi connectivity index (χ1) is 14.4. The Morgan fingerprint density at radius 2 is 1.87 bits per heavy atom. The molecular formula is C22H25N3O5. The number of carbonyl (C=O) groups excluding carboxylic acids is 1. The van der Waals surface area contributed by atoms with E-state index in [0.717, 1.165) is 22.2 Å². The maximum atomic E-state index is 13.2. The average molecular weight is 411 g/mol. The van der Waals surface area contributed by atoms with Crippen molar-refractivity contribution >= 4 is 11.6 Å². The summed E-state index contributed by atoms with van der Waals surface area (Å²) in [6, 6.07) is 5.45. The number of nitrogens with zero attached hydrogens (tertiary/aromatic N) is 2.